The molecule has 1 rings (SSSR count). The molecule has 1 saturated carbocycles. The summed E-state index contributed by atoms with van der Waals surface area (Å²) in [6, 6.07) is 0. The quantitative estimate of drug-likeness (QED) is 0.614. The van der Waals surface area contributed by atoms with Crippen LogP contribution in [0.15, 0.2) is 0 Å². The standard InChI is InChI=1S/C11H22N2O2/c1-8(2)9(6-12)10(15)13-11(7-14)4-3-5-11/h8-9,14H,3-7,12H2,1-2H3,(H,13,15). The molecule has 4 heteroatoms. The topological polar surface area (TPSA) is 75.4 Å². The van der Waals surface area contributed by atoms with Crippen LogP contribution in [-0.2, 0) is 4.79 Å². The van der Waals surface area contributed by atoms with Crippen molar-refractivity contribution >= 4 is 5.91 Å². The number of nitrogens with one attached hydrogen (secondary N) is 1. The summed E-state index contributed by atoms with van der Waals surface area (Å²) in [7, 11) is 0. The lowest BCUT2D eigenvalue weighted by Crippen LogP contribution is -2.58. The highest BCUT2D eigenvalue weighted by Crippen LogP contribution is 2.31. The largest absolute Gasteiger partial charge is 0.394 e. The lowest BCUT2D eigenvalue weighted by Gasteiger charge is -2.42. The number of amides is 1. The first-order valence-electron chi connectivity index (χ1n) is 5.67. The van der Waals surface area contributed by atoms with Crippen LogP contribution in [0.5, 0.6) is 0 Å². The zero-order valence-electron chi connectivity index (χ0n) is 9.62. The van der Waals surface area contributed by atoms with Gasteiger partial charge in [0, 0.05) is 6.54 Å². The smallest absolute Gasteiger partial charge is 0.225 e. The molecule has 1 atom stereocenters. The third-order valence-electron chi connectivity index (χ3n) is 3.40. The Morgan fingerprint density at radius 1 is 1.53 bits per heavy atom. The summed E-state index contributed by atoms with van der Waals surface area (Å²) in [6.07, 6.45) is 2.84. The minimum atomic E-state index is -0.348. The molecule has 1 aliphatic rings. The van der Waals surface area contributed by atoms with Crippen molar-refractivity contribution in [2.75, 3.05) is 13.2 Å². The van der Waals surface area contributed by atoms with E-state index in [9.17, 15) is 9.90 Å². The molecule has 0 saturated heterocycles. The molecule has 4 nitrogen and oxygen atoms in total. The fraction of sp³-hybridized carbons (Fsp3) is 0.909. The molecule has 88 valence electrons. The molecule has 15 heavy (non-hydrogen) atoms. The van der Waals surface area contributed by atoms with Crippen LogP contribution in [0.3, 0.4) is 0 Å². The van der Waals surface area contributed by atoms with Crippen molar-refractivity contribution in [3.63, 3.8) is 0 Å². The Labute approximate surface area is 91.2 Å². The number of nitrogens with two attached hydrogens (primary N) is 1. The summed E-state index contributed by atoms with van der Waals surface area (Å²) in [5.41, 5.74) is 5.22. The van der Waals surface area contributed by atoms with Gasteiger partial charge in [-0.1, -0.05) is 13.8 Å². The summed E-state index contributed by atoms with van der Waals surface area (Å²) in [6.45, 7) is 4.38. The molecule has 0 aliphatic heterocycles. The molecule has 0 aromatic heterocycles. The lowest BCUT2D eigenvalue weighted by atomic mass is 9.77. The van der Waals surface area contributed by atoms with E-state index in [1.165, 1.54) is 0 Å². The highest BCUT2D eigenvalue weighted by molar-refractivity contribution is 5.80. The Balaban J connectivity index is 2.53. The predicted molar refractivity (Wildman–Crippen MR) is 59.2 cm³/mol. The number of carbonyl (C=O) groups excluding carboxylic acids is 1. The molecule has 1 amide bonds. The lowest BCUT2D eigenvalue weighted by molar-refractivity contribution is -0.130. The van der Waals surface area contributed by atoms with E-state index in [1.54, 1.807) is 0 Å². The molecule has 0 spiro atoms. The van der Waals surface area contributed by atoms with Gasteiger partial charge in [-0.3, -0.25) is 4.79 Å². The molecule has 0 radical (unpaired) electrons. The van der Waals surface area contributed by atoms with Crippen LogP contribution < -0.4 is 11.1 Å². The molecule has 1 fully saturated rings. The van der Waals surface area contributed by atoms with Gasteiger partial charge in [0.1, 0.15) is 0 Å². The van der Waals surface area contributed by atoms with E-state index in [4.69, 9.17) is 5.73 Å². The number of hydrogen-bond acceptors (Lipinski definition) is 3. The summed E-state index contributed by atoms with van der Waals surface area (Å²) >= 11 is 0. The van der Waals surface area contributed by atoms with E-state index in [-0.39, 0.29) is 29.9 Å². The van der Waals surface area contributed by atoms with Gasteiger partial charge < -0.3 is 16.2 Å². The molecule has 1 aliphatic carbocycles. The first kappa shape index (κ1) is 12.5. The molecule has 0 bridgehead atoms. The Kier molecular flexibility index (Phi) is 4.11. The zero-order chi connectivity index (χ0) is 11.5. The van der Waals surface area contributed by atoms with Crippen LogP contribution in [0.4, 0.5) is 0 Å². The monoisotopic (exact) mass is 214 g/mol. The van der Waals surface area contributed by atoms with Gasteiger partial charge in [-0.15, -0.1) is 0 Å². The maximum Gasteiger partial charge on any atom is 0.225 e. The minimum absolute atomic E-state index is 0.0127. The van der Waals surface area contributed by atoms with Crippen LogP contribution in [-0.4, -0.2) is 29.7 Å². The van der Waals surface area contributed by atoms with Crippen LogP contribution >= 0.6 is 0 Å². The zero-order valence-corrected chi connectivity index (χ0v) is 9.62. The number of aliphatic hydroxyl groups excluding tert-OH is 1. The average Bonchev–Trinajstić information content (AvgIpc) is 2.11. The summed E-state index contributed by atoms with van der Waals surface area (Å²) < 4.78 is 0. The van der Waals surface area contributed by atoms with Crippen molar-refractivity contribution in [3.05, 3.63) is 0 Å². The van der Waals surface area contributed by atoms with Crippen molar-refractivity contribution in [2.24, 2.45) is 17.6 Å². The van der Waals surface area contributed by atoms with Gasteiger partial charge in [-0.25, -0.2) is 0 Å². The molecule has 0 heterocycles. The Bertz CT molecular complexity index is 219. The normalized spacial score (nSPS) is 20.9. The van der Waals surface area contributed by atoms with Crippen molar-refractivity contribution in [1.29, 1.82) is 0 Å². The van der Waals surface area contributed by atoms with Gasteiger partial charge in [0.25, 0.3) is 0 Å². The first-order valence-corrected chi connectivity index (χ1v) is 5.67. The maximum atomic E-state index is 11.9. The van der Waals surface area contributed by atoms with E-state index >= 15 is 0 Å². The second kappa shape index (κ2) is 4.94. The van der Waals surface area contributed by atoms with Crippen molar-refractivity contribution in [2.45, 2.75) is 38.6 Å². The maximum absolute atomic E-state index is 11.9. The molecular weight excluding hydrogens is 192 g/mol. The van der Waals surface area contributed by atoms with Gasteiger partial charge >= 0.3 is 0 Å². The SMILES string of the molecule is CC(C)C(CN)C(=O)NC1(CO)CCC1. The van der Waals surface area contributed by atoms with E-state index in [1.807, 2.05) is 13.8 Å². The second-order valence-corrected chi connectivity index (χ2v) is 4.87. The Morgan fingerprint density at radius 2 is 2.13 bits per heavy atom. The van der Waals surface area contributed by atoms with Crippen molar-refractivity contribution in [3.8, 4) is 0 Å². The summed E-state index contributed by atoms with van der Waals surface area (Å²) in [5, 5.41) is 12.2. The van der Waals surface area contributed by atoms with E-state index in [0.29, 0.717) is 6.54 Å². The average molecular weight is 214 g/mol. The Hall–Kier alpha value is -0.610. The highest BCUT2D eigenvalue weighted by Gasteiger charge is 2.39. The van der Waals surface area contributed by atoms with E-state index < -0.39 is 0 Å². The van der Waals surface area contributed by atoms with E-state index in [0.717, 1.165) is 19.3 Å². The number of hydrogen-bond donors (Lipinski definition) is 3. The minimum Gasteiger partial charge on any atom is -0.394 e. The third kappa shape index (κ3) is 2.69. The van der Waals surface area contributed by atoms with E-state index in [2.05, 4.69) is 5.32 Å². The van der Waals surface area contributed by atoms with Crippen LogP contribution in [0.1, 0.15) is 33.1 Å². The van der Waals surface area contributed by atoms with Gasteiger partial charge in [-0.05, 0) is 25.2 Å². The predicted octanol–water partition coefficient (Wildman–Crippen LogP) is 0.249. The van der Waals surface area contributed by atoms with Crippen LogP contribution in [0.25, 0.3) is 0 Å². The van der Waals surface area contributed by atoms with Crippen LogP contribution in [0.2, 0.25) is 0 Å². The van der Waals surface area contributed by atoms with Crippen molar-refractivity contribution < 1.29 is 9.90 Å². The summed E-state index contributed by atoms with van der Waals surface area (Å²) in [5.74, 6) is 0.0843. The van der Waals surface area contributed by atoms with Gasteiger partial charge in [0.15, 0.2) is 0 Å². The molecular formula is C11H22N2O2. The third-order valence-corrected chi connectivity index (χ3v) is 3.40. The Morgan fingerprint density at radius 3 is 2.40 bits per heavy atom. The number of carbonyl (C=O) groups is 1. The summed E-state index contributed by atoms with van der Waals surface area (Å²) in [4.78, 5) is 11.9. The van der Waals surface area contributed by atoms with Gasteiger partial charge in [0.05, 0.1) is 18.1 Å². The van der Waals surface area contributed by atoms with Crippen LogP contribution in [0, 0.1) is 11.8 Å². The van der Waals surface area contributed by atoms with Gasteiger partial charge in [0.2, 0.25) is 5.91 Å². The van der Waals surface area contributed by atoms with Gasteiger partial charge in [-0.2, -0.15) is 0 Å². The molecule has 4 N–H and O–H groups in total. The first-order chi connectivity index (χ1) is 7.04. The highest BCUT2D eigenvalue weighted by atomic mass is 16.3. The molecule has 0 aromatic carbocycles. The number of aliphatic hydroxyl groups is 1. The number of rotatable bonds is 5. The molecule has 1 unspecified atom stereocenters. The fourth-order valence-electron chi connectivity index (χ4n) is 1.96. The van der Waals surface area contributed by atoms with Crippen molar-refractivity contribution in [1.82, 2.24) is 5.32 Å². The molecule has 0 aromatic rings. The second-order valence-electron chi connectivity index (χ2n) is 4.87. The fourth-order valence-corrected chi connectivity index (χ4v) is 1.96.